The van der Waals surface area contributed by atoms with Crippen molar-refractivity contribution in [1.29, 1.82) is 0 Å². The van der Waals surface area contributed by atoms with Crippen LogP contribution < -0.4 is 0 Å². The van der Waals surface area contributed by atoms with Crippen LogP contribution in [0.2, 0.25) is 0 Å². The number of hydrogen-bond donors (Lipinski definition) is 1. The lowest BCUT2D eigenvalue weighted by Gasteiger charge is -2.02. The molecule has 1 rings (SSSR count). The summed E-state index contributed by atoms with van der Waals surface area (Å²) in [6.45, 7) is -0.414. The summed E-state index contributed by atoms with van der Waals surface area (Å²) in [7, 11) is 0. The van der Waals surface area contributed by atoms with Crippen LogP contribution in [0.15, 0.2) is 18.2 Å². The van der Waals surface area contributed by atoms with E-state index in [2.05, 4.69) is 4.74 Å². The molecule has 0 bridgehead atoms. The Morgan fingerprint density at radius 3 is 2.47 bits per heavy atom. The second-order valence-corrected chi connectivity index (χ2v) is 2.63. The van der Waals surface area contributed by atoms with Crippen molar-refractivity contribution in [1.82, 2.24) is 0 Å². The van der Waals surface area contributed by atoms with Gasteiger partial charge in [-0.05, 0) is 17.7 Å². The quantitative estimate of drug-likeness (QED) is 0.593. The van der Waals surface area contributed by atoms with E-state index >= 15 is 0 Å². The lowest BCUT2D eigenvalue weighted by molar-refractivity contribution is -0.164. The molecule has 1 aromatic rings. The molecule has 0 aliphatic heterocycles. The summed E-state index contributed by atoms with van der Waals surface area (Å²) < 4.78 is 29.3. The maximum atomic E-state index is 12.6. The number of carboxylic acids is 1. The van der Waals surface area contributed by atoms with E-state index < -0.39 is 30.2 Å². The largest absolute Gasteiger partial charge is 0.473 e. The topological polar surface area (TPSA) is 63.6 Å². The molecular weight excluding hydrogens is 210 g/mol. The van der Waals surface area contributed by atoms with Gasteiger partial charge in [0.05, 0.1) is 0 Å². The van der Waals surface area contributed by atoms with Gasteiger partial charge < -0.3 is 9.84 Å². The minimum absolute atomic E-state index is 0.170. The standard InChI is InChI=1S/C9H6F2O4/c10-6-2-1-5(3-7(6)11)4-15-9(14)8(12)13/h1-3H,4H2,(H,12,13). The fraction of sp³-hybridized carbons (Fsp3) is 0.111. The molecule has 4 nitrogen and oxygen atoms in total. The van der Waals surface area contributed by atoms with Gasteiger partial charge in [0.15, 0.2) is 11.6 Å². The first kappa shape index (κ1) is 11.1. The van der Waals surface area contributed by atoms with Gasteiger partial charge in [-0.15, -0.1) is 0 Å². The average molecular weight is 216 g/mol. The lowest BCUT2D eigenvalue weighted by atomic mass is 10.2. The number of carbonyl (C=O) groups is 2. The fourth-order valence-electron chi connectivity index (χ4n) is 0.840. The van der Waals surface area contributed by atoms with Crippen LogP contribution >= 0.6 is 0 Å². The summed E-state index contributed by atoms with van der Waals surface area (Å²) in [4.78, 5) is 20.5. The predicted octanol–water partition coefficient (Wildman–Crippen LogP) is 1.09. The maximum Gasteiger partial charge on any atom is 0.417 e. The summed E-state index contributed by atoms with van der Waals surface area (Å²) in [6, 6.07) is 2.87. The second kappa shape index (κ2) is 4.50. The van der Waals surface area contributed by atoms with Gasteiger partial charge in [-0.2, -0.15) is 0 Å². The first-order chi connectivity index (χ1) is 7.00. The Kier molecular flexibility index (Phi) is 3.33. The number of hydrogen-bond acceptors (Lipinski definition) is 3. The number of esters is 1. The third-order valence-electron chi connectivity index (χ3n) is 1.53. The van der Waals surface area contributed by atoms with Crippen molar-refractivity contribution in [3.05, 3.63) is 35.4 Å². The summed E-state index contributed by atoms with van der Waals surface area (Å²) in [6.07, 6.45) is 0. The molecule has 1 aromatic carbocycles. The van der Waals surface area contributed by atoms with Crippen LogP contribution in [0.1, 0.15) is 5.56 Å². The van der Waals surface area contributed by atoms with Gasteiger partial charge in [-0.25, -0.2) is 18.4 Å². The second-order valence-electron chi connectivity index (χ2n) is 2.63. The molecular formula is C9H6F2O4. The van der Waals surface area contributed by atoms with Crippen molar-refractivity contribution >= 4 is 11.9 Å². The van der Waals surface area contributed by atoms with Crippen molar-refractivity contribution in [3.63, 3.8) is 0 Å². The van der Waals surface area contributed by atoms with Gasteiger partial charge in [-0.3, -0.25) is 0 Å². The van der Waals surface area contributed by atoms with Gasteiger partial charge in [-0.1, -0.05) is 6.07 Å². The van der Waals surface area contributed by atoms with Crippen LogP contribution in [0.3, 0.4) is 0 Å². The number of aliphatic carboxylic acids is 1. The Morgan fingerprint density at radius 2 is 1.93 bits per heavy atom. The highest BCUT2D eigenvalue weighted by atomic mass is 19.2. The molecule has 0 aromatic heterocycles. The Morgan fingerprint density at radius 1 is 1.27 bits per heavy atom. The van der Waals surface area contributed by atoms with Gasteiger partial charge >= 0.3 is 11.9 Å². The zero-order valence-corrected chi connectivity index (χ0v) is 7.37. The molecule has 0 saturated heterocycles. The Labute approximate surface area is 83.1 Å². The van der Waals surface area contributed by atoms with Gasteiger partial charge in [0.1, 0.15) is 6.61 Å². The molecule has 1 N–H and O–H groups in total. The third-order valence-corrected chi connectivity index (χ3v) is 1.53. The Bertz CT molecular complexity index is 403. The molecule has 15 heavy (non-hydrogen) atoms. The third kappa shape index (κ3) is 3.01. The van der Waals surface area contributed by atoms with E-state index in [4.69, 9.17) is 5.11 Å². The Hall–Kier alpha value is -1.98. The van der Waals surface area contributed by atoms with Crippen LogP contribution in [0.5, 0.6) is 0 Å². The van der Waals surface area contributed by atoms with Crippen molar-refractivity contribution in [2.75, 3.05) is 0 Å². The lowest BCUT2D eigenvalue weighted by Crippen LogP contribution is -2.16. The minimum Gasteiger partial charge on any atom is -0.473 e. The van der Waals surface area contributed by atoms with E-state index in [1.54, 1.807) is 0 Å². The molecule has 0 atom stereocenters. The number of rotatable bonds is 2. The van der Waals surface area contributed by atoms with E-state index in [1.165, 1.54) is 6.07 Å². The monoisotopic (exact) mass is 216 g/mol. The van der Waals surface area contributed by atoms with Crippen LogP contribution in [-0.4, -0.2) is 17.0 Å². The zero-order valence-electron chi connectivity index (χ0n) is 7.37. The van der Waals surface area contributed by atoms with Crippen molar-refractivity contribution < 1.29 is 28.2 Å². The number of benzene rings is 1. The van der Waals surface area contributed by atoms with E-state index in [0.29, 0.717) is 0 Å². The molecule has 80 valence electrons. The van der Waals surface area contributed by atoms with Gasteiger partial charge in [0, 0.05) is 0 Å². The van der Waals surface area contributed by atoms with E-state index in [9.17, 15) is 18.4 Å². The van der Waals surface area contributed by atoms with Crippen molar-refractivity contribution in [3.8, 4) is 0 Å². The van der Waals surface area contributed by atoms with Gasteiger partial charge in [0.25, 0.3) is 0 Å². The predicted molar refractivity (Wildman–Crippen MR) is 43.8 cm³/mol. The molecule has 0 fully saturated rings. The zero-order chi connectivity index (χ0) is 11.4. The molecule has 0 amide bonds. The maximum absolute atomic E-state index is 12.6. The summed E-state index contributed by atoms with van der Waals surface area (Å²) in [5, 5.41) is 8.15. The first-order valence-electron chi connectivity index (χ1n) is 3.84. The van der Waals surface area contributed by atoms with Crippen LogP contribution in [-0.2, 0) is 20.9 Å². The molecule has 0 unspecified atom stereocenters. The van der Waals surface area contributed by atoms with Crippen LogP contribution in [0, 0.1) is 11.6 Å². The van der Waals surface area contributed by atoms with E-state index in [0.717, 1.165) is 12.1 Å². The van der Waals surface area contributed by atoms with E-state index in [-0.39, 0.29) is 5.56 Å². The summed E-state index contributed by atoms with van der Waals surface area (Å²) >= 11 is 0. The molecule has 0 radical (unpaired) electrons. The number of halogens is 2. The molecule has 6 heteroatoms. The summed E-state index contributed by atoms with van der Waals surface area (Å²) in [5.74, 6) is -5.29. The fourth-order valence-corrected chi connectivity index (χ4v) is 0.840. The molecule has 0 aliphatic rings. The summed E-state index contributed by atoms with van der Waals surface area (Å²) in [5.41, 5.74) is 0.170. The average Bonchev–Trinajstić information content (AvgIpc) is 2.19. The van der Waals surface area contributed by atoms with Crippen LogP contribution in [0.4, 0.5) is 8.78 Å². The normalized spacial score (nSPS) is 9.73. The molecule has 0 aliphatic carbocycles. The van der Waals surface area contributed by atoms with E-state index in [1.807, 2.05) is 0 Å². The number of carboxylic acid groups (broad SMARTS) is 1. The highest BCUT2D eigenvalue weighted by Crippen LogP contribution is 2.09. The Balaban J connectivity index is 2.62. The molecule has 0 spiro atoms. The molecule has 0 heterocycles. The van der Waals surface area contributed by atoms with Gasteiger partial charge in [0.2, 0.25) is 0 Å². The highest BCUT2D eigenvalue weighted by molar-refractivity contribution is 6.28. The smallest absolute Gasteiger partial charge is 0.417 e. The van der Waals surface area contributed by atoms with Crippen LogP contribution in [0.25, 0.3) is 0 Å². The van der Waals surface area contributed by atoms with Crippen molar-refractivity contribution in [2.24, 2.45) is 0 Å². The minimum atomic E-state index is -1.74. The SMILES string of the molecule is O=C(O)C(=O)OCc1ccc(F)c(F)c1. The number of carbonyl (C=O) groups excluding carboxylic acids is 1. The number of ether oxygens (including phenoxy) is 1. The first-order valence-corrected chi connectivity index (χ1v) is 3.84. The van der Waals surface area contributed by atoms with Crippen molar-refractivity contribution in [2.45, 2.75) is 6.61 Å². The highest BCUT2D eigenvalue weighted by Gasteiger charge is 2.13. The molecule has 0 saturated carbocycles.